The van der Waals surface area contributed by atoms with Crippen LogP contribution < -0.4 is 10.1 Å². The minimum Gasteiger partial charge on any atom is -0.497 e. The van der Waals surface area contributed by atoms with Crippen molar-refractivity contribution in [1.82, 2.24) is 5.16 Å². The van der Waals surface area contributed by atoms with Crippen LogP contribution in [0.3, 0.4) is 0 Å². The van der Waals surface area contributed by atoms with Gasteiger partial charge in [0.25, 0.3) is 0 Å². The fraction of sp³-hybridized carbons (Fsp3) is 0.357. The molecule has 1 N–H and O–H groups in total. The predicted octanol–water partition coefficient (Wildman–Crippen LogP) is 3.56. The first-order valence-corrected chi connectivity index (χ1v) is 5.87. The number of methoxy groups -OCH3 is 1. The maximum absolute atomic E-state index is 5.26. The van der Waals surface area contributed by atoms with Gasteiger partial charge in [-0.15, -0.1) is 0 Å². The van der Waals surface area contributed by atoms with E-state index in [1.54, 1.807) is 7.11 Å². The summed E-state index contributed by atoms with van der Waals surface area (Å²) in [6.45, 7) is 6.22. The van der Waals surface area contributed by atoms with E-state index in [0.717, 1.165) is 17.0 Å². The molecular weight excluding hydrogens is 228 g/mol. The zero-order valence-corrected chi connectivity index (χ0v) is 11.2. The van der Waals surface area contributed by atoms with Gasteiger partial charge in [0.2, 0.25) is 5.88 Å². The van der Waals surface area contributed by atoms with Crippen molar-refractivity contribution in [2.45, 2.75) is 26.3 Å². The number of aromatic nitrogens is 1. The van der Waals surface area contributed by atoms with E-state index in [4.69, 9.17) is 9.26 Å². The van der Waals surface area contributed by atoms with E-state index in [9.17, 15) is 0 Å². The van der Waals surface area contributed by atoms with Crippen LogP contribution >= 0.6 is 0 Å². The number of hydrogen-bond donors (Lipinski definition) is 1. The molecule has 0 aliphatic heterocycles. The molecule has 1 heterocycles. The molecule has 0 atom stereocenters. The fourth-order valence-electron chi connectivity index (χ4n) is 1.60. The van der Waals surface area contributed by atoms with Crippen LogP contribution in [-0.4, -0.2) is 17.8 Å². The largest absolute Gasteiger partial charge is 0.497 e. The van der Waals surface area contributed by atoms with Gasteiger partial charge in [-0.05, 0) is 45.0 Å². The lowest BCUT2D eigenvalue weighted by Gasteiger charge is -2.18. The quantitative estimate of drug-likeness (QED) is 0.899. The molecule has 4 heteroatoms. The van der Waals surface area contributed by atoms with E-state index in [0.29, 0.717) is 5.88 Å². The zero-order valence-electron chi connectivity index (χ0n) is 11.2. The van der Waals surface area contributed by atoms with Crippen molar-refractivity contribution in [2.24, 2.45) is 0 Å². The summed E-state index contributed by atoms with van der Waals surface area (Å²) < 4.78 is 10.4. The van der Waals surface area contributed by atoms with Gasteiger partial charge in [0.05, 0.1) is 7.11 Å². The van der Waals surface area contributed by atoms with Gasteiger partial charge in [0.15, 0.2) is 0 Å². The first-order chi connectivity index (χ1) is 8.48. The molecule has 18 heavy (non-hydrogen) atoms. The number of nitrogens with one attached hydrogen (secondary N) is 1. The summed E-state index contributed by atoms with van der Waals surface area (Å²) in [5.41, 5.74) is 1.77. The third kappa shape index (κ3) is 3.03. The molecule has 2 aromatic rings. The molecule has 96 valence electrons. The molecule has 0 fully saturated rings. The first-order valence-electron chi connectivity index (χ1n) is 5.87. The standard InChI is InChI=1S/C14H18N2O2/c1-14(2,3)15-13-9-12(16-18-13)10-5-7-11(17-4)8-6-10/h5-9,15H,1-4H3. The molecule has 0 spiro atoms. The monoisotopic (exact) mass is 246 g/mol. The Morgan fingerprint density at radius 3 is 2.39 bits per heavy atom. The van der Waals surface area contributed by atoms with Crippen LogP contribution in [0.1, 0.15) is 20.8 Å². The second-order valence-electron chi connectivity index (χ2n) is 5.18. The normalized spacial score (nSPS) is 11.3. The summed E-state index contributed by atoms with van der Waals surface area (Å²) in [7, 11) is 1.65. The van der Waals surface area contributed by atoms with E-state index < -0.39 is 0 Å². The van der Waals surface area contributed by atoms with Gasteiger partial charge >= 0.3 is 0 Å². The van der Waals surface area contributed by atoms with Gasteiger partial charge in [0.1, 0.15) is 11.4 Å². The van der Waals surface area contributed by atoms with Crippen molar-refractivity contribution in [3.05, 3.63) is 30.3 Å². The maximum atomic E-state index is 5.26. The Hall–Kier alpha value is -1.97. The molecule has 0 radical (unpaired) electrons. The number of anilines is 1. The number of rotatable bonds is 3. The van der Waals surface area contributed by atoms with Gasteiger partial charge in [-0.1, -0.05) is 5.16 Å². The zero-order chi connectivity index (χ0) is 13.2. The SMILES string of the molecule is COc1ccc(-c2cc(NC(C)(C)C)on2)cc1. The van der Waals surface area contributed by atoms with Crippen molar-refractivity contribution in [3.8, 4) is 17.0 Å². The second-order valence-corrected chi connectivity index (χ2v) is 5.18. The third-order valence-electron chi connectivity index (χ3n) is 2.39. The van der Waals surface area contributed by atoms with Crippen LogP contribution in [0, 0.1) is 0 Å². The lowest BCUT2D eigenvalue weighted by atomic mass is 10.1. The molecule has 0 amide bonds. The summed E-state index contributed by atoms with van der Waals surface area (Å²) in [4.78, 5) is 0. The fourth-order valence-corrected chi connectivity index (χ4v) is 1.60. The van der Waals surface area contributed by atoms with Crippen molar-refractivity contribution in [2.75, 3.05) is 12.4 Å². The third-order valence-corrected chi connectivity index (χ3v) is 2.39. The highest BCUT2D eigenvalue weighted by atomic mass is 16.5. The highest BCUT2D eigenvalue weighted by Gasteiger charge is 2.13. The van der Waals surface area contributed by atoms with Gasteiger partial charge in [0, 0.05) is 17.2 Å². The lowest BCUT2D eigenvalue weighted by molar-refractivity contribution is 0.414. The average molecular weight is 246 g/mol. The van der Waals surface area contributed by atoms with Gasteiger partial charge in [-0.25, -0.2) is 0 Å². The van der Waals surface area contributed by atoms with E-state index >= 15 is 0 Å². The first kappa shape index (κ1) is 12.5. The molecular formula is C14H18N2O2. The molecule has 1 aromatic heterocycles. The smallest absolute Gasteiger partial charge is 0.225 e. The Balaban J connectivity index is 2.18. The minimum absolute atomic E-state index is 0.0449. The Bertz CT molecular complexity index is 509. The highest BCUT2D eigenvalue weighted by Crippen LogP contribution is 2.25. The van der Waals surface area contributed by atoms with Crippen LogP contribution in [0.15, 0.2) is 34.9 Å². The minimum atomic E-state index is -0.0449. The van der Waals surface area contributed by atoms with E-state index in [2.05, 4.69) is 31.2 Å². The number of ether oxygens (including phenoxy) is 1. The molecule has 0 saturated carbocycles. The van der Waals surface area contributed by atoms with Crippen LogP contribution in [0.25, 0.3) is 11.3 Å². The molecule has 0 unspecified atom stereocenters. The van der Waals surface area contributed by atoms with Gasteiger partial charge in [-0.2, -0.15) is 0 Å². The maximum Gasteiger partial charge on any atom is 0.225 e. The van der Waals surface area contributed by atoms with Crippen LogP contribution in [0.5, 0.6) is 5.75 Å². The van der Waals surface area contributed by atoms with Crippen LogP contribution in [0.2, 0.25) is 0 Å². The van der Waals surface area contributed by atoms with E-state index in [1.807, 2.05) is 30.3 Å². The molecule has 1 aromatic carbocycles. The Morgan fingerprint density at radius 1 is 1.17 bits per heavy atom. The number of nitrogens with zero attached hydrogens (tertiary/aromatic N) is 1. The van der Waals surface area contributed by atoms with Gasteiger partial charge in [-0.3, -0.25) is 0 Å². The Labute approximate surface area is 107 Å². The Morgan fingerprint density at radius 2 is 1.83 bits per heavy atom. The Kier molecular flexibility index (Phi) is 3.28. The predicted molar refractivity (Wildman–Crippen MR) is 71.9 cm³/mol. The number of hydrogen-bond acceptors (Lipinski definition) is 4. The van der Waals surface area contributed by atoms with Crippen molar-refractivity contribution in [1.29, 1.82) is 0 Å². The summed E-state index contributed by atoms with van der Waals surface area (Å²) >= 11 is 0. The summed E-state index contributed by atoms with van der Waals surface area (Å²) in [6, 6.07) is 9.61. The van der Waals surface area contributed by atoms with Crippen molar-refractivity contribution < 1.29 is 9.26 Å². The summed E-state index contributed by atoms with van der Waals surface area (Å²) in [5, 5.41) is 7.29. The van der Waals surface area contributed by atoms with Gasteiger partial charge < -0.3 is 14.6 Å². The molecule has 2 rings (SSSR count). The molecule has 4 nitrogen and oxygen atoms in total. The van der Waals surface area contributed by atoms with Crippen molar-refractivity contribution in [3.63, 3.8) is 0 Å². The van der Waals surface area contributed by atoms with Crippen molar-refractivity contribution >= 4 is 5.88 Å². The average Bonchev–Trinajstić information content (AvgIpc) is 2.75. The highest BCUT2D eigenvalue weighted by molar-refractivity contribution is 5.62. The molecule has 0 aliphatic carbocycles. The van der Waals surface area contributed by atoms with E-state index in [1.165, 1.54) is 0 Å². The molecule has 0 bridgehead atoms. The second kappa shape index (κ2) is 4.72. The topological polar surface area (TPSA) is 47.3 Å². The van der Waals surface area contributed by atoms with Crippen LogP contribution in [0.4, 0.5) is 5.88 Å². The summed E-state index contributed by atoms with van der Waals surface area (Å²) in [5.74, 6) is 1.50. The number of benzene rings is 1. The molecule has 0 aliphatic rings. The lowest BCUT2D eigenvalue weighted by Crippen LogP contribution is -2.25. The summed E-state index contributed by atoms with van der Waals surface area (Å²) in [6.07, 6.45) is 0. The molecule has 0 saturated heterocycles. The van der Waals surface area contributed by atoms with Crippen LogP contribution in [-0.2, 0) is 0 Å². The van der Waals surface area contributed by atoms with E-state index in [-0.39, 0.29) is 5.54 Å².